The maximum atomic E-state index is 2.99. The molecule has 3 saturated carbocycles. The van der Waals surface area contributed by atoms with Crippen molar-refractivity contribution < 1.29 is 0 Å². The summed E-state index contributed by atoms with van der Waals surface area (Å²) in [5.41, 5.74) is 17.3. The van der Waals surface area contributed by atoms with Crippen molar-refractivity contribution in [3.63, 3.8) is 0 Å². The fourth-order valence-electron chi connectivity index (χ4n) is 11.3. The molecule has 1 saturated heterocycles. The molecule has 0 atom stereocenters. The third-order valence-corrected chi connectivity index (χ3v) is 19.1. The van der Waals surface area contributed by atoms with Gasteiger partial charge in [-0.3, -0.25) is 0 Å². The molecule has 262 valence electrons. The van der Waals surface area contributed by atoms with Crippen LogP contribution in [-0.4, -0.2) is 35.9 Å². The number of allylic oxidation sites excluding steroid dienone is 1. The molecule has 49 heavy (non-hydrogen) atoms. The lowest BCUT2D eigenvalue weighted by Crippen LogP contribution is -2.34. The molecular formula is C46H63N2P. The van der Waals surface area contributed by atoms with Gasteiger partial charge in [-0.25, -0.2) is 0 Å². The van der Waals surface area contributed by atoms with Gasteiger partial charge in [0.2, 0.25) is 0 Å². The quantitative estimate of drug-likeness (QED) is 0.240. The molecule has 1 aliphatic heterocycles. The second kappa shape index (κ2) is 14.9. The van der Waals surface area contributed by atoms with E-state index in [-0.39, 0.29) is 0 Å². The van der Waals surface area contributed by atoms with Crippen LogP contribution in [0.1, 0.15) is 129 Å². The van der Waals surface area contributed by atoms with Gasteiger partial charge in [-0.15, -0.1) is 0 Å². The van der Waals surface area contributed by atoms with Gasteiger partial charge in [-0.2, -0.15) is 0 Å². The molecule has 3 aliphatic carbocycles. The molecule has 7 rings (SSSR count). The summed E-state index contributed by atoms with van der Waals surface area (Å²) in [5, 5.41) is 0. The molecule has 0 spiro atoms. The Morgan fingerprint density at radius 3 is 1.37 bits per heavy atom. The van der Waals surface area contributed by atoms with E-state index in [0.29, 0.717) is 0 Å². The molecule has 0 N–H and O–H groups in total. The SMILES string of the molecule is Cc1cc(C)c(N2CCN(c3c(C)cc(C)cc3C)C2=C2CCC(P(=Cc3ccccc3)(C3CCCCC3)C3CCCCC3)CC2)c(C)c1. The van der Waals surface area contributed by atoms with E-state index in [1.165, 1.54) is 146 Å². The monoisotopic (exact) mass is 674 g/mol. The summed E-state index contributed by atoms with van der Waals surface area (Å²) in [7, 11) is 0. The lowest BCUT2D eigenvalue weighted by atomic mass is 9.93. The molecular weight excluding hydrogens is 611 g/mol. The second-order valence-corrected chi connectivity index (χ2v) is 20.7. The van der Waals surface area contributed by atoms with Crippen LogP contribution in [0.25, 0.3) is 0 Å². The number of hydrogen-bond donors (Lipinski definition) is 0. The van der Waals surface area contributed by atoms with Crippen molar-refractivity contribution in [1.29, 1.82) is 0 Å². The van der Waals surface area contributed by atoms with Crippen molar-refractivity contribution in [3.8, 4) is 0 Å². The van der Waals surface area contributed by atoms with Crippen LogP contribution < -0.4 is 9.80 Å². The molecule has 3 heteroatoms. The lowest BCUT2D eigenvalue weighted by molar-refractivity contribution is 0.471. The molecule has 1 heterocycles. The largest absolute Gasteiger partial charge is 0.326 e. The minimum atomic E-state index is -1.37. The van der Waals surface area contributed by atoms with E-state index in [9.17, 15) is 0 Å². The molecule has 0 aromatic heterocycles. The third-order valence-electron chi connectivity index (χ3n) is 13.0. The topological polar surface area (TPSA) is 6.48 Å². The first-order chi connectivity index (χ1) is 23.8. The van der Waals surface area contributed by atoms with Gasteiger partial charge in [0, 0.05) is 24.5 Å². The summed E-state index contributed by atoms with van der Waals surface area (Å²) in [6.45, 7) is 14.6. The van der Waals surface area contributed by atoms with Crippen LogP contribution in [0.15, 0.2) is 66.0 Å². The van der Waals surface area contributed by atoms with Crippen molar-refractivity contribution >= 4 is 24.1 Å². The molecule has 4 fully saturated rings. The Labute approximate surface area is 299 Å². The predicted molar refractivity (Wildman–Crippen MR) is 218 cm³/mol. The van der Waals surface area contributed by atoms with Gasteiger partial charge in [-0.1, -0.05) is 117 Å². The van der Waals surface area contributed by atoms with Gasteiger partial charge >= 0.3 is 0 Å². The van der Waals surface area contributed by atoms with Crippen molar-refractivity contribution in [2.24, 2.45) is 0 Å². The first-order valence-corrected chi connectivity index (χ1v) is 22.0. The van der Waals surface area contributed by atoms with Crippen molar-refractivity contribution in [2.75, 3.05) is 22.9 Å². The number of aryl methyl sites for hydroxylation is 6. The van der Waals surface area contributed by atoms with Crippen molar-refractivity contribution in [3.05, 3.63) is 105 Å². The maximum Gasteiger partial charge on any atom is 0.112 e. The Morgan fingerprint density at radius 1 is 0.531 bits per heavy atom. The average molecular weight is 675 g/mol. The number of rotatable bonds is 6. The smallest absolute Gasteiger partial charge is 0.112 e. The molecule has 0 unspecified atom stereocenters. The zero-order valence-electron chi connectivity index (χ0n) is 31.7. The van der Waals surface area contributed by atoms with Gasteiger partial charge in [0.25, 0.3) is 0 Å². The Morgan fingerprint density at radius 2 is 0.939 bits per heavy atom. The van der Waals surface area contributed by atoms with Crippen LogP contribution in [0.2, 0.25) is 0 Å². The first kappa shape index (κ1) is 34.7. The number of anilines is 2. The zero-order valence-corrected chi connectivity index (χ0v) is 32.6. The lowest BCUT2D eigenvalue weighted by Gasteiger charge is -2.51. The Balaban J connectivity index is 1.32. The molecule has 2 nitrogen and oxygen atoms in total. The summed E-state index contributed by atoms with van der Waals surface area (Å²) in [6.07, 6.45) is 19.9. The van der Waals surface area contributed by atoms with E-state index in [1.807, 2.05) is 0 Å². The van der Waals surface area contributed by atoms with E-state index < -0.39 is 6.89 Å². The average Bonchev–Trinajstić information content (AvgIpc) is 3.51. The molecule has 3 aromatic carbocycles. The van der Waals surface area contributed by atoms with Crippen molar-refractivity contribution in [1.82, 2.24) is 0 Å². The highest BCUT2D eigenvalue weighted by Gasteiger charge is 2.44. The van der Waals surface area contributed by atoms with Crippen LogP contribution >= 0.6 is 6.89 Å². The van der Waals surface area contributed by atoms with Gasteiger partial charge in [0.15, 0.2) is 0 Å². The number of nitrogens with zero attached hydrogens (tertiary/aromatic N) is 2. The molecule has 4 aliphatic rings. The van der Waals surface area contributed by atoms with Gasteiger partial charge in [-0.05, 0) is 143 Å². The summed E-state index contributed by atoms with van der Waals surface area (Å²) < 4.78 is 0. The minimum Gasteiger partial charge on any atom is -0.326 e. The standard InChI is InChI=1S/C46H63N2P/c1-33-28-35(3)44(36(4)29-33)47-26-27-48(45-37(5)30-34(2)31-38(45)6)46(47)40-22-24-43(25-23-40)49(41-18-12-8-13-19-41,42-20-14-9-15-21-42)32-39-16-10-7-11-17-39/h7,10-11,16-17,28-32,41-43H,8-9,12-15,18-27H2,1-6H3. The van der Waals surface area contributed by atoms with E-state index >= 15 is 0 Å². The van der Waals surface area contributed by atoms with Crippen molar-refractivity contribution in [2.45, 2.75) is 148 Å². The van der Waals surface area contributed by atoms with Crippen LogP contribution in [-0.2, 0) is 0 Å². The highest BCUT2D eigenvalue weighted by atomic mass is 31.2. The van der Waals surface area contributed by atoms with E-state index in [0.717, 1.165) is 30.1 Å². The van der Waals surface area contributed by atoms with Gasteiger partial charge in [0.1, 0.15) is 5.82 Å². The Kier molecular flexibility index (Phi) is 10.5. The van der Waals surface area contributed by atoms with E-state index in [1.54, 1.807) is 5.57 Å². The highest BCUT2D eigenvalue weighted by molar-refractivity contribution is 7.77. The third kappa shape index (κ3) is 6.86. The second-order valence-electron chi connectivity index (χ2n) is 16.5. The fourth-order valence-corrected chi connectivity index (χ4v) is 18.0. The van der Waals surface area contributed by atoms with Crippen LogP contribution in [0.3, 0.4) is 0 Å². The summed E-state index contributed by atoms with van der Waals surface area (Å²) in [4.78, 5) is 5.50. The summed E-state index contributed by atoms with van der Waals surface area (Å²) in [5.74, 6) is 4.52. The molecule has 3 aromatic rings. The molecule has 0 amide bonds. The first-order valence-electron chi connectivity index (χ1n) is 20.0. The van der Waals surface area contributed by atoms with Gasteiger partial charge in [0.05, 0.1) is 0 Å². The Hall–Kier alpha value is -2.70. The highest BCUT2D eigenvalue weighted by Crippen LogP contribution is 2.69. The van der Waals surface area contributed by atoms with E-state index in [2.05, 4.69) is 112 Å². The predicted octanol–water partition coefficient (Wildman–Crippen LogP) is 12.6. The maximum absolute atomic E-state index is 2.99. The Bertz CT molecular complexity index is 1570. The van der Waals surface area contributed by atoms with Gasteiger partial charge < -0.3 is 9.80 Å². The number of benzene rings is 3. The summed E-state index contributed by atoms with van der Waals surface area (Å²) >= 11 is 0. The summed E-state index contributed by atoms with van der Waals surface area (Å²) in [6, 6.07) is 21.3. The fraction of sp³-hybridized carbons (Fsp3) is 0.543. The van der Waals surface area contributed by atoms with Crippen LogP contribution in [0.5, 0.6) is 0 Å². The molecule has 0 radical (unpaired) electrons. The molecule has 0 bridgehead atoms. The zero-order chi connectivity index (χ0) is 34.1. The van der Waals surface area contributed by atoms with E-state index in [4.69, 9.17) is 0 Å². The normalized spacial score (nSPS) is 21.5. The van der Waals surface area contributed by atoms with Crippen LogP contribution in [0.4, 0.5) is 11.4 Å². The number of hydrogen-bond acceptors (Lipinski definition) is 2. The van der Waals surface area contributed by atoms with Crippen LogP contribution in [0, 0.1) is 41.5 Å². The minimum absolute atomic E-state index is 0.872.